The Labute approximate surface area is 130 Å². The van der Waals surface area contributed by atoms with Crippen molar-refractivity contribution in [2.75, 3.05) is 6.54 Å². The molecule has 1 aromatic heterocycles. The van der Waals surface area contributed by atoms with E-state index >= 15 is 0 Å². The van der Waals surface area contributed by atoms with Gasteiger partial charge in [-0.1, -0.05) is 36.2 Å². The molecule has 2 atom stereocenters. The van der Waals surface area contributed by atoms with Gasteiger partial charge in [0.15, 0.2) is 0 Å². The van der Waals surface area contributed by atoms with E-state index in [9.17, 15) is 0 Å². The van der Waals surface area contributed by atoms with Crippen LogP contribution in [0.3, 0.4) is 0 Å². The van der Waals surface area contributed by atoms with Crippen LogP contribution in [-0.4, -0.2) is 34.6 Å². The van der Waals surface area contributed by atoms with Gasteiger partial charge in [-0.25, -0.2) is 4.98 Å². The van der Waals surface area contributed by atoms with Crippen molar-refractivity contribution in [2.45, 2.75) is 57.3 Å². The summed E-state index contributed by atoms with van der Waals surface area (Å²) in [5, 5.41) is 4.69. The number of fused-ring (bicyclic) bond motifs is 2. The maximum atomic E-state index is 6.20. The van der Waals surface area contributed by atoms with Crippen LogP contribution in [0.25, 0.3) is 0 Å². The number of rotatable bonds is 4. The molecular weight excluding hydrogens is 293 g/mol. The molecule has 3 nitrogen and oxygen atoms in total. The molecule has 3 heterocycles. The van der Waals surface area contributed by atoms with Gasteiger partial charge in [0.2, 0.25) is 0 Å². The fourth-order valence-corrected chi connectivity index (χ4v) is 4.01. The first-order valence-electron chi connectivity index (χ1n) is 7.46. The van der Waals surface area contributed by atoms with Gasteiger partial charge in [0.25, 0.3) is 0 Å². The van der Waals surface area contributed by atoms with Gasteiger partial charge >= 0.3 is 0 Å². The lowest BCUT2D eigenvalue weighted by Crippen LogP contribution is -2.47. The Morgan fingerprint density at radius 2 is 1.95 bits per heavy atom. The quantitative estimate of drug-likeness (QED) is 0.862. The number of hydrogen-bond donors (Lipinski definition) is 1. The average molecular weight is 314 g/mol. The van der Waals surface area contributed by atoms with Crippen LogP contribution in [-0.2, 0) is 6.54 Å². The molecule has 0 aromatic carbocycles. The second kappa shape index (κ2) is 6.18. The highest BCUT2D eigenvalue weighted by atomic mass is 35.5. The summed E-state index contributed by atoms with van der Waals surface area (Å²) in [6.45, 7) is 4.13. The van der Waals surface area contributed by atoms with Crippen molar-refractivity contribution in [3.05, 3.63) is 28.0 Å². The molecule has 0 amide bonds. The Bertz CT molecular complexity index is 468. The lowest BCUT2D eigenvalue weighted by molar-refractivity contribution is 0.140. The summed E-state index contributed by atoms with van der Waals surface area (Å²) < 4.78 is 0. The molecule has 3 rings (SSSR count). The molecule has 2 bridgehead atoms. The molecule has 1 aromatic rings. The van der Waals surface area contributed by atoms with Crippen LogP contribution in [0.5, 0.6) is 0 Å². The lowest BCUT2D eigenvalue weighted by Gasteiger charge is -2.37. The summed E-state index contributed by atoms with van der Waals surface area (Å²) in [7, 11) is 0. The third kappa shape index (κ3) is 3.11. The third-order valence-electron chi connectivity index (χ3n) is 4.64. The highest BCUT2D eigenvalue weighted by molar-refractivity contribution is 6.32. The third-order valence-corrected chi connectivity index (χ3v) is 5.17. The molecule has 0 aliphatic carbocycles. The number of hydrogen-bond acceptors (Lipinski definition) is 3. The number of piperidine rings is 1. The first-order valence-corrected chi connectivity index (χ1v) is 8.22. The van der Waals surface area contributed by atoms with Crippen LogP contribution >= 0.6 is 23.2 Å². The second-order valence-electron chi connectivity index (χ2n) is 5.91. The van der Waals surface area contributed by atoms with Crippen molar-refractivity contribution < 1.29 is 0 Å². The largest absolute Gasteiger partial charge is 0.311 e. The standard InChI is InChI=1S/C15H21Cl2N3/c1-2-20(9-10-3-6-14(16)19-15(10)17)13-7-11-4-5-12(8-13)18-11/h3,6,11-13,18H,2,4-5,7-9H2,1H3. The van der Waals surface area contributed by atoms with Crippen molar-refractivity contribution in [3.63, 3.8) is 0 Å². The zero-order valence-corrected chi connectivity index (χ0v) is 13.3. The highest BCUT2D eigenvalue weighted by Gasteiger charge is 2.35. The summed E-state index contributed by atoms with van der Waals surface area (Å²) >= 11 is 12.1. The number of pyridine rings is 1. The number of nitrogens with one attached hydrogen (secondary N) is 1. The minimum atomic E-state index is 0.460. The fraction of sp³-hybridized carbons (Fsp3) is 0.667. The summed E-state index contributed by atoms with van der Waals surface area (Å²) in [6.07, 6.45) is 5.18. The number of halogens is 2. The minimum absolute atomic E-state index is 0.460. The molecule has 5 heteroatoms. The highest BCUT2D eigenvalue weighted by Crippen LogP contribution is 2.31. The lowest BCUT2D eigenvalue weighted by atomic mass is 9.97. The van der Waals surface area contributed by atoms with E-state index < -0.39 is 0 Å². The zero-order valence-electron chi connectivity index (χ0n) is 11.8. The van der Waals surface area contributed by atoms with Gasteiger partial charge in [0.1, 0.15) is 10.3 Å². The van der Waals surface area contributed by atoms with Gasteiger partial charge in [0, 0.05) is 30.2 Å². The maximum absolute atomic E-state index is 6.20. The smallest absolute Gasteiger partial charge is 0.135 e. The predicted octanol–water partition coefficient (Wildman–Crippen LogP) is 3.49. The van der Waals surface area contributed by atoms with Gasteiger partial charge in [0.05, 0.1) is 0 Å². The van der Waals surface area contributed by atoms with Crippen LogP contribution in [0.1, 0.15) is 38.2 Å². The zero-order chi connectivity index (χ0) is 14.1. The van der Waals surface area contributed by atoms with Crippen LogP contribution in [0.4, 0.5) is 0 Å². The second-order valence-corrected chi connectivity index (χ2v) is 6.66. The Morgan fingerprint density at radius 1 is 1.25 bits per heavy atom. The van der Waals surface area contributed by atoms with Gasteiger partial charge in [-0.3, -0.25) is 4.90 Å². The van der Waals surface area contributed by atoms with Crippen LogP contribution in [0.15, 0.2) is 12.1 Å². The number of nitrogens with zero attached hydrogens (tertiary/aromatic N) is 2. The molecule has 2 aliphatic heterocycles. The molecule has 0 spiro atoms. The Hall–Kier alpha value is -0.350. The predicted molar refractivity (Wildman–Crippen MR) is 83.3 cm³/mol. The molecule has 20 heavy (non-hydrogen) atoms. The van der Waals surface area contributed by atoms with Gasteiger partial charge in [-0.2, -0.15) is 0 Å². The molecule has 0 saturated carbocycles. The summed E-state index contributed by atoms with van der Waals surface area (Å²) in [6, 6.07) is 5.90. The Kier molecular flexibility index (Phi) is 4.51. The maximum Gasteiger partial charge on any atom is 0.135 e. The summed E-state index contributed by atoms with van der Waals surface area (Å²) in [4.78, 5) is 6.67. The molecule has 1 N–H and O–H groups in total. The molecule has 2 unspecified atom stereocenters. The van der Waals surface area contributed by atoms with Gasteiger partial charge in [-0.15, -0.1) is 0 Å². The van der Waals surface area contributed by atoms with Gasteiger partial charge < -0.3 is 5.32 Å². The molecule has 2 aliphatic rings. The van der Waals surface area contributed by atoms with E-state index in [1.54, 1.807) is 0 Å². The van der Waals surface area contributed by atoms with E-state index in [-0.39, 0.29) is 0 Å². The van der Waals surface area contributed by atoms with Crippen molar-refractivity contribution >= 4 is 23.2 Å². The van der Waals surface area contributed by atoms with E-state index in [2.05, 4.69) is 22.1 Å². The van der Waals surface area contributed by atoms with E-state index in [1.807, 2.05) is 12.1 Å². The van der Waals surface area contributed by atoms with Crippen LogP contribution in [0, 0.1) is 0 Å². The molecular formula is C15H21Cl2N3. The van der Waals surface area contributed by atoms with Crippen molar-refractivity contribution in [1.29, 1.82) is 0 Å². The van der Waals surface area contributed by atoms with E-state index in [4.69, 9.17) is 23.2 Å². The summed E-state index contributed by atoms with van der Waals surface area (Å²) in [5.41, 5.74) is 1.07. The first-order chi connectivity index (χ1) is 9.65. The normalized spacial score (nSPS) is 29.1. The molecule has 0 radical (unpaired) electrons. The van der Waals surface area contributed by atoms with E-state index in [0.717, 1.165) is 18.7 Å². The Morgan fingerprint density at radius 3 is 2.55 bits per heavy atom. The minimum Gasteiger partial charge on any atom is -0.311 e. The molecule has 110 valence electrons. The molecule has 2 fully saturated rings. The van der Waals surface area contributed by atoms with Crippen molar-refractivity contribution in [3.8, 4) is 0 Å². The Balaban J connectivity index is 1.70. The van der Waals surface area contributed by atoms with Crippen LogP contribution in [0.2, 0.25) is 10.3 Å². The van der Waals surface area contributed by atoms with Crippen molar-refractivity contribution in [1.82, 2.24) is 15.2 Å². The number of aromatic nitrogens is 1. The first kappa shape index (κ1) is 14.6. The molecule has 2 saturated heterocycles. The summed E-state index contributed by atoms with van der Waals surface area (Å²) in [5.74, 6) is 0. The van der Waals surface area contributed by atoms with Crippen LogP contribution < -0.4 is 5.32 Å². The monoisotopic (exact) mass is 313 g/mol. The van der Waals surface area contributed by atoms with Gasteiger partial charge in [-0.05, 0) is 38.3 Å². The fourth-order valence-electron chi connectivity index (χ4n) is 3.60. The van der Waals surface area contributed by atoms with E-state index in [1.165, 1.54) is 25.7 Å². The SMILES string of the molecule is CCN(Cc1ccc(Cl)nc1Cl)C1CC2CCC(C1)N2. The van der Waals surface area contributed by atoms with Crippen molar-refractivity contribution in [2.24, 2.45) is 0 Å². The van der Waals surface area contributed by atoms with E-state index in [0.29, 0.717) is 28.4 Å². The average Bonchev–Trinajstić information content (AvgIpc) is 2.77. The topological polar surface area (TPSA) is 28.2 Å².